The number of carbonyl (C=O) groups excluding carboxylic acids is 1. The molecule has 0 heterocycles. The van der Waals surface area contributed by atoms with E-state index in [1.165, 1.54) is 19.1 Å². The molecule has 0 fully saturated rings. The van der Waals surface area contributed by atoms with Crippen molar-refractivity contribution in [1.29, 1.82) is 0 Å². The van der Waals surface area contributed by atoms with Gasteiger partial charge in [0, 0.05) is 17.6 Å². The van der Waals surface area contributed by atoms with Crippen LogP contribution in [0, 0.1) is 5.82 Å². The first-order valence-corrected chi connectivity index (χ1v) is 5.97. The molecule has 0 saturated carbocycles. The van der Waals surface area contributed by atoms with Crippen molar-refractivity contribution in [2.24, 2.45) is 0 Å². The Morgan fingerprint density at radius 1 is 1.41 bits per heavy atom. The van der Waals surface area contributed by atoms with Crippen LogP contribution in [0.25, 0.3) is 0 Å². The first-order chi connectivity index (χ1) is 7.90. The lowest BCUT2D eigenvalue weighted by atomic mass is 9.95. The molecule has 1 rings (SSSR count). The van der Waals surface area contributed by atoms with Crippen LogP contribution in [-0.2, 0) is 4.79 Å². The molecule has 1 aromatic carbocycles. The Bertz CT molecular complexity index is 386. The minimum atomic E-state index is -0.414. The molecule has 4 heteroatoms. The summed E-state index contributed by atoms with van der Waals surface area (Å²) in [6.45, 7) is 5.99. The number of nitrogens with one attached hydrogen (secondary N) is 1. The molecule has 2 nitrogen and oxygen atoms in total. The fraction of sp³-hybridized carbons (Fsp3) is 0.462. The van der Waals surface area contributed by atoms with Gasteiger partial charge in [0.25, 0.3) is 0 Å². The number of hydrogen-bond acceptors (Lipinski definition) is 2. The normalized spacial score (nSPS) is 12.8. The van der Waals surface area contributed by atoms with Gasteiger partial charge in [0.2, 0.25) is 0 Å². The van der Waals surface area contributed by atoms with E-state index in [1.54, 1.807) is 6.07 Å². The number of halogens is 2. The maximum absolute atomic E-state index is 13.2. The van der Waals surface area contributed by atoms with Crippen LogP contribution in [-0.4, -0.2) is 18.4 Å². The molecule has 0 amide bonds. The molecule has 0 aliphatic rings. The second-order valence-corrected chi connectivity index (χ2v) is 4.87. The molecular weight excluding hydrogens is 241 g/mol. The van der Waals surface area contributed by atoms with Crippen LogP contribution in [0.2, 0.25) is 5.02 Å². The molecule has 0 spiro atoms. The Morgan fingerprint density at radius 3 is 2.53 bits per heavy atom. The van der Waals surface area contributed by atoms with Gasteiger partial charge in [-0.2, -0.15) is 0 Å². The molecule has 0 aliphatic carbocycles. The third-order valence-corrected chi connectivity index (χ3v) is 2.73. The average Bonchev–Trinajstić information content (AvgIpc) is 2.14. The van der Waals surface area contributed by atoms with Gasteiger partial charge in [-0.1, -0.05) is 25.4 Å². The lowest BCUT2D eigenvalue weighted by Crippen LogP contribution is -2.30. The zero-order valence-electron chi connectivity index (χ0n) is 10.3. The van der Waals surface area contributed by atoms with E-state index in [1.807, 2.05) is 13.8 Å². The minimum absolute atomic E-state index is 0.000170. The van der Waals surface area contributed by atoms with Gasteiger partial charge in [-0.25, -0.2) is 4.39 Å². The van der Waals surface area contributed by atoms with Crippen molar-refractivity contribution in [2.75, 3.05) is 6.54 Å². The number of benzene rings is 1. The van der Waals surface area contributed by atoms with Crippen LogP contribution < -0.4 is 5.32 Å². The van der Waals surface area contributed by atoms with E-state index < -0.39 is 5.82 Å². The average molecular weight is 258 g/mol. The summed E-state index contributed by atoms with van der Waals surface area (Å²) >= 11 is 5.79. The zero-order chi connectivity index (χ0) is 13.0. The Labute approximate surface area is 106 Å². The Morgan fingerprint density at radius 2 is 2.06 bits per heavy atom. The molecule has 94 valence electrons. The molecule has 1 N–H and O–H groups in total. The van der Waals surface area contributed by atoms with Gasteiger partial charge in [-0.15, -0.1) is 0 Å². The van der Waals surface area contributed by atoms with Crippen molar-refractivity contribution < 1.29 is 9.18 Å². The van der Waals surface area contributed by atoms with Crippen LogP contribution in [0.4, 0.5) is 4.39 Å². The van der Waals surface area contributed by atoms with Gasteiger partial charge < -0.3 is 5.32 Å². The monoisotopic (exact) mass is 257 g/mol. The number of rotatable bonds is 5. The summed E-state index contributed by atoms with van der Waals surface area (Å²) in [7, 11) is 0. The van der Waals surface area contributed by atoms with Gasteiger partial charge in [0.1, 0.15) is 11.6 Å². The van der Waals surface area contributed by atoms with Crippen molar-refractivity contribution in [3.63, 3.8) is 0 Å². The first kappa shape index (κ1) is 14.1. The Hall–Kier alpha value is -0.930. The first-order valence-electron chi connectivity index (χ1n) is 5.60. The van der Waals surface area contributed by atoms with Crippen LogP contribution >= 0.6 is 11.6 Å². The summed E-state index contributed by atoms with van der Waals surface area (Å²) in [4.78, 5) is 11.6. The summed E-state index contributed by atoms with van der Waals surface area (Å²) in [5.41, 5.74) is 0.621. The highest BCUT2D eigenvalue weighted by Crippen LogP contribution is 2.22. The molecule has 0 aromatic heterocycles. The molecule has 0 bridgehead atoms. The summed E-state index contributed by atoms with van der Waals surface area (Å²) in [6.07, 6.45) is 0. The highest BCUT2D eigenvalue weighted by atomic mass is 35.5. The summed E-state index contributed by atoms with van der Waals surface area (Å²) in [5.74, 6) is -0.770. The smallest absolute Gasteiger partial charge is 0.138 e. The molecular formula is C13H17ClFNO. The molecule has 17 heavy (non-hydrogen) atoms. The number of carbonyl (C=O) groups is 1. The largest absolute Gasteiger partial charge is 0.313 e. The summed E-state index contributed by atoms with van der Waals surface area (Å²) < 4.78 is 13.2. The van der Waals surface area contributed by atoms with E-state index in [4.69, 9.17) is 11.6 Å². The summed E-state index contributed by atoms with van der Waals surface area (Å²) in [6, 6.07) is 4.51. The fourth-order valence-electron chi connectivity index (χ4n) is 1.63. The van der Waals surface area contributed by atoms with Gasteiger partial charge in [-0.3, -0.25) is 4.79 Å². The standard InChI is InChI=1S/C13H17ClFNO/c1-8(2)16-7-13(9(3)17)10-4-11(14)6-12(15)5-10/h4-6,8,13,16H,7H2,1-3H3/t13-/m0/s1. The highest BCUT2D eigenvalue weighted by Gasteiger charge is 2.18. The second kappa shape index (κ2) is 6.12. The van der Waals surface area contributed by atoms with Gasteiger partial charge in [0.05, 0.1) is 5.92 Å². The predicted octanol–water partition coefficient (Wildman–Crippen LogP) is 3.15. The van der Waals surface area contributed by atoms with Crippen LogP contribution in [0.15, 0.2) is 18.2 Å². The van der Waals surface area contributed by atoms with Crippen molar-refractivity contribution in [2.45, 2.75) is 32.7 Å². The Balaban J connectivity index is 2.93. The number of Topliss-reactive ketones (excluding diaryl/α,β-unsaturated/α-hetero) is 1. The van der Waals surface area contributed by atoms with Crippen molar-refractivity contribution in [3.8, 4) is 0 Å². The number of hydrogen-bond donors (Lipinski definition) is 1. The van der Waals surface area contributed by atoms with Crippen molar-refractivity contribution in [3.05, 3.63) is 34.6 Å². The van der Waals surface area contributed by atoms with E-state index >= 15 is 0 Å². The van der Waals surface area contributed by atoms with E-state index in [0.29, 0.717) is 17.1 Å². The third kappa shape index (κ3) is 4.44. The SMILES string of the molecule is CC(=O)[C@H](CNC(C)C)c1cc(F)cc(Cl)c1. The van der Waals surface area contributed by atoms with Crippen molar-refractivity contribution >= 4 is 17.4 Å². The molecule has 1 atom stereocenters. The zero-order valence-corrected chi connectivity index (χ0v) is 11.0. The van der Waals surface area contributed by atoms with E-state index in [2.05, 4.69) is 5.32 Å². The third-order valence-electron chi connectivity index (χ3n) is 2.51. The molecule has 0 radical (unpaired) electrons. The molecule has 1 aromatic rings. The minimum Gasteiger partial charge on any atom is -0.313 e. The Kier molecular flexibility index (Phi) is 5.09. The van der Waals surface area contributed by atoms with E-state index in [-0.39, 0.29) is 17.7 Å². The molecule has 0 aliphatic heterocycles. The molecule has 0 saturated heterocycles. The number of ketones is 1. The van der Waals surface area contributed by atoms with E-state index in [0.717, 1.165) is 0 Å². The van der Waals surface area contributed by atoms with Crippen molar-refractivity contribution in [1.82, 2.24) is 5.32 Å². The molecule has 0 unspecified atom stereocenters. The lowest BCUT2D eigenvalue weighted by molar-refractivity contribution is -0.118. The van der Waals surface area contributed by atoms with Gasteiger partial charge in [0.15, 0.2) is 0 Å². The maximum Gasteiger partial charge on any atom is 0.138 e. The highest BCUT2D eigenvalue weighted by molar-refractivity contribution is 6.30. The quantitative estimate of drug-likeness (QED) is 0.878. The predicted molar refractivity (Wildman–Crippen MR) is 68.0 cm³/mol. The lowest BCUT2D eigenvalue weighted by Gasteiger charge is -2.17. The van der Waals surface area contributed by atoms with Crippen LogP contribution in [0.5, 0.6) is 0 Å². The van der Waals surface area contributed by atoms with E-state index in [9.17, 15) is 9.18 Å². The van der Waals surface area contributed by atoms with Crippen LogP contribution in [0.3, 0.4) is 0 Å². The van der Waals surface area contributed by atoms with Gasteiger partial charge >= 0.3 is 0 Å². The summed E-state index contributed by atoms with van der Waals surface area (Å²) in [5, 5.41) is 3.49. The van der Waals surface area contributed by atoms with Gasteiger partial charge in [-0.05, 0) is 30.7 Å². The van der Waals surface area contributed by atoms with Crippen LogP contribution in [0.1, 0.15) is 32.3 Å². The topological polar surface area (TPSA) is 29.1 Å². The second-order valence-electron chi connectivity index (χ2n) is 4.43. The maximum atomic E-state index is 13.2. The fourth-order valence-corrected chi connectivity index (χ4v) is 1.86.